The number of hydrogen-bond acceptors (Lipinski definition) is 10. The van der Waals surface area contributed by atoms with Crippen molar-refractivity contribution in [3.63, 3.8) is 0 Å². The van der Waals surface area contributed by atoms with Crippen molar-refractivity contribution in [2.24, 2.45) is 11.3 Å². The van der Waals surface area contributed by atoms with Crippen molar-refractivity contribution in [3.05, 3.63) is 34.8 Å². The van der Waals surface area contributed by atoms with Gasteiger partial charge in [0.2, 0.25) is 27.7 Å². The number of sulfonamides is 1. The average Bonchev–Trinajstić information content (AvgIpc) is 4.00. The molecule has 4 aliphatic rings. The van der Waals surface area contributed by atoms with Gasteiger partial charge in [0, 0.05) is 38.4 Å². The van der Waals surface area contributed by atoms with Gasteiger partial charge in [-0.1, -0.05) is 25.0 Å². The number of aromatic nitrogens is 1. The van der Waals surface area contributed by atoms with Gasteiger partial charge in [-0.2, -0.15) is 0 Å². The Morgan fingerprint density at radius 2 is 1.89 bits per heavy atom. The van der Waals surface area contributed by atoms with Crippen LogP contribution < -0.4 is 24.2 Å². The van der Waals surface area contributed by atoms with Gasteiger partial charge in [-0.3, -0.25) is 19.1 Å². The highest BCUT2D eigenvalue weighted by Gasteiger charge is 2.62. The molecule has 2 aliphatic heterocycles. The van der Waals surface area contributed by atoms with Crippen molar-refractivity contribution < 1.29 is 41.8 Å². The summed E-state index contributed by atoms with van der Waals surface area (Å²) in [5.41, 5.74) is -0.727. The van der Waals surface area contributed by atoms with Crippen LogP contribution in [-0.2, 0) is 24.4 Å². The van der Waals surface area contributed by atoms with Gasteiger partial charge in [0.15, 0.2) is 5.78 Å². The highest BCUT2D eigenvalue weighted by atomic mass is 79.9. The van der Waals surface area contributed by atoms with Gasteiger partial charge >= 0.3 is 6.03 Å². The summed E-state index contributed by atoms with van der Waals surface area (Å²) in [4.78, 5) is 63.3. The second kappa shape index (κ2) is 15.7. The molecule has 54 heavy (non-hydrogen) atoms. The molecule has 0 unspecified atom stereocenters. The van der Waals surface area contributed by atoms with Crippen molar-refractivity contribution in [2.75, 3.05) is 34.4 Å². The van der Waals surface area contributed by atoms with Crippen LogP contribution in [0.4, 0.5) is 4.79 Å². The number of nitrogens with zero attached hydrogens (tertiary/aromatic N) is 3. The van der Waals surface area contributed by atoms with E-state index in [4.69, 9.17) is 14.2 Å². The normalized spacial score (nSPS) is 27.4. The topological polar surface area (TPSA) is 174 Å². The maximum absolute atomic E-state index is 14.6. The Labute approximate surface area is 324 Å². The van der Waals surface area contributed by atoms with E-state index in [1.54, 1.807) is 40.3 Å². The smallest absolute Gasteiger partial charge is 0.317 e. The van der Waals surface area contributed by atoms with Crippen LogP contribution in [0.5, 0.6) is 17.4 Å². The van der Waals surface area contributed by atoms with E-state index in [9.17, 15) is 27.6 Å². The molecule has 0 spiro atoms. The molecule has 2 aromatic rings. The van der Waals surface area contributed by atoms with Crippen molar-refractivity contribution in [3.8, 4) is 17.4 Å². The lowest BCUT2D eigenvalue weighted by Crippen LogP contribution is -2.54. The molecule has 1 aromatic carbocycles. The van der Waals surface area contributed by atoms with Gasteiger partial charge in [0.25, 0.3) is 0 Å². The molecule has 3 fully saturated rings. The molecule has 14 nitrogen and oxygen atoms in total. The number of Topliss-reactive ketones (excluding diaryl/α,β-unsaturated/α-hetero) is 1. The molecule has 4 amide bonds. The molecule has 0 bridgehead atoms. The van der Waals surface area contributed by atoms with Gasteiger partial charge in [0.05, 0.1) is 46.5 Å². The summed E-state index contributed by atoms with van der Waals surface area (Å²) in [6.45, 7) is 3.84. The minimum Gasteiger partial charge on any atom is -0.495 e. The first-order chi connectivity index (χ1) is 25.6. The zero-order valence-electron chi connectivity index (χ0n) is 31.5. The van der Waals surface area contributed by atoms with E-state index in [1.165, 1.54) is 9.80 Å². The molecular weight excluding hydrogens is 782 g/mol. The van der Waals surface area contributed by atoms with Crippen LogP contribution in [0, 0.1) is 11.3 Å². The minimum atomic E-state index is -3.95. The van der Waals surface area contributed by atoms with Crippen LogP contribution >= 0.6 is 15.9 Å². The van der Waals surface area contributed by atoms with Crippen LogP contribution in [0.1, 0.15) is 78.1 Å². The van der Waals surface area contributed by atoms with E-state index < -0.39 is 56.2 Å². The summed E-state index contributed by atoms with van der Waals surface area (Å²) in [6.07, 6.45) is 7.74. The third-order valence-electron chi connectivity index (χ3n) is 11.2. The number of fused-ring (bicyclic) bond motifs is 3. The molecule has 6 rings (SSSR count). The van der Waals surface area contributed by atoms with Crippen LogP contribution in [-0.4, -0.2) is 104 Å². The number of halogens is 1. The minimum absolute atomic E-state index is 0.0317. The number of nitrogens with one attached hydrogen (secondary N) is 2. The maximum atomic E-state index is 14.6. The molecule has 1 aromatic heterocycles. The predicted molar refractivity (Wildman–Crippen MR) is 205 cm³/mol. The third-order valence-corrected chi connectivity index (χ3v) is 14.1. The van der Waals surface area contributed by atoms with Crippen molar-refractivity contribution >= 4 is 60.5 Å². The van der Waals surface area contributed by atoms with Crippen molar-refractivity contribution in [1.29, 1.82) is 0 Å². The zero-order valence-corrected chi connectivity index (χ0v) is 33.9. The van der Waals surface area contributed by atoms with Gasteiger partial charge in [-0.05, 0) is 86.4 Å². The van der Waals surface area contributed by atoms with Crippen molar-refractivity contribution in [2.45, 2.75) is 101 Å². The molecule has 3 heterocycles. The molecule has 2 saturated carbocycles. The number of amides is 4. The number of carbonyl (C=O) groups excluding carboxylic acids is 4. The molecule has 1 saturated heterocycles. The first-order valence-corrected chi connectivity index (χ1v) is 20.9. The fourth-order valence-corrected chi connectivity index (χ4v) is 9.34. The number of pyridine rings is 1. The fourth-order valence-electron chi connectivity index (χ4n) is 7.41. The monoisotopic (exact) mass is 831 g/mol. The molecule has 2 N–H and O–H groups in total. The number of benzene rings is 1. The summed E-state index contributed by atoms with van der Waals surface area (Å²) in [5, 5.41) is 3.51. The number of rotatable bonds is 9. The Morgan fingerprint density at radius 3 is 2.57 bits per heavy atom. The lowest BCUT2D eigenvalue weighted by atomic mass is 9.91. The quantitative estimate of drug-likeness (QED) is 0.332. The standard InChI is InChI=1S/C38H50BrN5O9S/c1-6-52-31-19-30(25-14-15-29(51-5)32(39)33(25)41-31)53-24-18-27-28(45)21-38(35(47)42-54(49,50)37(2)16-17-37)20-23(38)12-10-8-7-9-11-13-26(34(46)44(27)22-24)40-36(48)43(3)4/h10,12,14-15,19,23-24,26-27H,6-9,11,13,16-18,20-22H2,1-5H3,(H,40,48)(H,42,47)/b12-10-/t23-,24-,26+,27+,38-/m1/s1. The molecule has 2 aliphatic carbocycles. The number of hydrogen-bond donors (Lipinski definition) is 2. The Hall–Kier alpha value is -3.92. The summed E-state index contributed by atoms with van der Waals surface area (Å²) < 4.78 is 46.1. The van der Waals surface area contributed by atoms with Crippen molar-refractivity contribution in [1.82, 2.24) is 24.8 Å². The highest BCUT2D eigenvalue weighted by molar-refractivity contribution is 9.10. The Kier molecular flexibility index (Phi) is 11.5. The Morgan fingerprint density at radius 1 is 1.13 bits per heavy atom. The molecule has 16 heteroatoms. The largest absolute Gasteiger partial charge is 0.495 e. The van der Waals surface area contributed by atoms with E-state index in [0.29, 0.717) is 71.5 Å². The SMILES string of the molecule is CCOc1cc(O[C@@H]2C[C@H]3C(=O)C[C@]4(C(=O)NS(=O)(=O)C5(C)CC5)C[C@H]4/C=C\CCCCC[C@H](NC(=O)N(C)C)C(=O)N3C2)c2ccc(OC)c(Br)c2n1. The summed E-state index contributed by atoms with van der Waals surface area (Å²) in [5.74, 6) is -0.488. The van der Waals surface area contributed by atoms with E-state index >= 15 is 0 Å². The Balaban J connectivity index is 1.35. The second-order valence-electron chi connectivity index (χ2n) is 15.3. The number of carbonyl (C=O) groups is 4. The molecule has 294 valence electrons. The number of methoxy groups -OCH3 is 1. The lowest BCUT2D eigenvalue weighted by molar-refractivity contribution is -0.140. The first kappa shape index (κ1) is 39.8. The lowest BCUT2D eigenvalue weighted by Gasteiger charge is -2.30. The second-order valence-corrected chi connectivity index (χ2v) is 18.3. The Bertz CT molecular complexity index is 1950. The summed E-state index contributed by atoms with van der Waals surface area (Å²) in [6, 6.07) is 2.93. The van der Waals surface area contributed by atoms with Crippen LogP contribution in [0.2, 0.25) is 0 Å². The molecular formula is C38H50BrN5O9S. The highest BCUT2D eigenvalue weighted by Crippen LogP contribution is 2.57. The fraction of sp³-hybridized carbons (Fsp3) is 0.605. The van der Waals surface area contributed by atoms with E-state index in [2.05, 4.69) is 31.0 Å². The van der Waals surface area contributed by atoms with Gasteiger partial charge in [0.1, 0.15) is 23.6 Å². The average molecular weight is 833 g/mol. The van der Waals surface area contributed by atoms with E-state index in [-0.39, 0.29) is 31.1 Å². The maximum Gasteiger partial charge on any atom is 0.317 e. The van der Waals surface area contributed by atoms with Crippen LogP contribution in [0.3, 0.4) is 0 Å². The summed E-state index contributed by atoms with van der Waals surface area (Å²) in [7, 11) is 0.788. The number of ketones is 1. The number of allylic oxidation sites excluding steroid dienone is 2. The van der Waals surface area contributed by atoms with Crippen LogP contribution in [0.15, 0.2) is 34.8 Å². The molecule has 0 radical (unpaired) electrons. The van der Waals surface area contributed by atoms with Crippen LogP contribution in [0.25, 0.3) is 10.9 Å². The molecule has 5 atom stereocenters. The predicted octanol–water partition coefficient (Wildman–Crippen LogP) is 4.88. The first-order valence-electron chi connectivity index (χ1n) is 18.6. The van der Waals surface area contributed by atoms with Gasteiger partial charge in [-0.15, -0.1) is 0 Å². The third kappa shape index (κ3) is 8.05. The number of ether oxygens (including phenoxy) is 3. The summed E-state index contributed by atoms with van der Waals surface area (Å²) >= 11 is 3.59. The van der Waals surface area contributed by atoms with Gasteiger partial charge < -0.3 is 29.3 Å². The number of urea groups is 1. The van der Waals surface area contributed by atoms with E-state index in [1.807, 2.05) is 25.1 Å². The zero-order chi connectivity index (χ0) is 39.0. The van der Waals surface area contributed by atoms with Gasteiger partial charge in [-0.25, -0.2) is 18.2 Å². The van der Waals surface area contributed by atoms with E-state index in [0.717, 1.165) is 19.3 Å².